The molecule has 1 aliphatic heterocycles. The van der Waals surface area contributed by atoms with Gasteiger partial charge in [0, 0.05) is 37.5 Å². The van der Waals surface area contributed by atoms with E-state index in [1.54, 1.807) is 57.9 Å². The van der Waals surface area contributed by atoms with E-state index in [1.807, 2.05) is 140 Å². The standard InChI is InChI=1S/C24H31NO.C18H25NO5.C14H21NO2.C7H15NO2.C7H6O.C4H4O3.CH2Cl2/c1-23-11-9-18(26)14-17(23)5-6-19-21-8-7-20(16-4-3-13-25-15-16)24(21,2)12-10-22(19)23;1-13(17(23)24-18(2,3)4)19(15(20)10-11-16(21)22)12-14-8-6-5-7-9-14;1-11(13(16)17-14(2,3)4)15-10-12-8-6-5-7-9-12;1-5(8)6(9)10-7(2,3)4;8-6-7-4-2-1-3-5-7;5-3-1-2-4(6)7-3;2-1-3/h3-5,7,13,15,18-19,21-22,26H,6,8-12,14H2,1-2H3;5-9,13H,10-12H2,1-4H3,(H,21,22);5-9,11,15H,10H2,1-4H3;5H,8H2,1-4H3;1-6H;1-2H2;1H2/t18-,19-,21-,22-,23-,24+;13-;11-;5-;;;/m0000.../s1. The Morgan fingerprint density at radius 1 is 0.705 bits per heavy atom. The number of carbonyl (C=O) groups is 8. The van der Waals surface area contributed by atoms with Gasteiger partial charge in [-0.1, -0.05) is 129 Å². The molecule has 0 unspecified atom stereocenters. The number of fused-ring (bicyclic) bond motifs is 5. The molecule has 4 aliphatic carbocycles. The van der Waals surface area contributed by atoms with Crippen molar-refractivity contribution in [3.05, 3.63) is 156 Å². The van der Waals surface area contributed by atoms with Gasteiger partial charge in [-0.05, 0) is 185 Å². The zero-order valence-electron chi connectivity index (χ0n) is 58.2. The van der Waals surface area contributed by atoms with Gasteiger partial charge in [-0.15, -0.1) is 23.2 Å². The van der Waals surface area contributed by atoms with Crippen molar-refractivity contribution in [1.29, 1.82) is 0 Å². The van der Waals surface area contributed by atoms with Crippen molar-refractivity contribution in [2.75, 3.05) is 5.34 Å². The molecule has 2 heterocycles. The van der Waals surface area contributed by atoms with Crippen molar-refractivity contribution in [2.45, 2.75) is 222 Å². The summed E-state index contributed by atoms with van der Waals surface area (Å²) in [6, 6.07) is 31.0. The number of nitrogens with one attached hydrogen (secondary N) is 1. The number of allylic oxidation sites excluding steroid dienone is 3. The van der Waals surface area contributed by atoms with Crippen LogP contribution in [0.4, 0.5) is 0 Å². The van der Waals surface area contributed by atoms with Crippen LogP contribution in [0, 0.1) is 28.6 Å². The number of benzene rings is 3. The SMILES string of the molecule is C[C@@H](C(=O)OC(C)(C)C)N(Cc1ccccc1)C(=O)CCC(=O)O.C[C@H](N)C(=O)OC(C)(C)C.C[C@H](NCc1ccccc1)C(=O)OC(C)(C)C.C[C@]12CC[C@H](O)CC1=CC[C@@H]1[C@@H]2CC[C@]2(C)C(c3cccnc3)=CC[C@@H]12.ClCCl.O=C1CCC(=O)O1.O=Cc1ccccc1. The fourth-order valence-corrected chi connectivity index (χ4v) is 12.0. The Labute approximate surface area is 573 Å². The van der Waals surface area contributed by atoms with E-state index < -0.39 is 52.8 Å². The number of cyclic esters (lactones) is 2. The van der Waals surface area contributed by atoms with Crippen molar-refractivity contribution in [3.8, 4) is 0 Å². The molecular weight excluding hydrogens is 1250 g/mol. The normalized spacial score (nSPS) is 21.5. The van der Waals surface area contributed by atoms with E-state index in [1.165, 1.54) is 42.6 Å². The smallest absolute Gasteiger partial charge is 0.329 e. The number of rotatable bonds is 14. The highest BCUT2D eigenvalue weighted by Gasteiger charge is 2.57. The molecule has 3 fully saturated rings. The Bertz CT molecular complexity index is 3110. The van der Waals surface area contributed by atoms with Crippen LogP contribution in [-0.4, -0.2) is 114 Å². The number of hydrogen-bond acceptors (Lipinski definition) is 16. The van der Waals surface area contributed by atoms with Gasteiger partial charge in [-0.2, -0.15) is 0 Å². The molecule has 3 aromatic carbocycles. The molecule has 5 N–H and O–H groups in total. The van der Waals surface area contributed by atoms with Crippen LogP contribution >= 0.6 is 23.2 Å². The Balaban J connectivity index is 0.000000313. The van der Waals surface area contributed by atoms with Gasteiger partial charge >= 0.3 is 35.8 Å². The molecule has 9 atom stereocenters. The first-order valence-electron chi connectivity index (χ1n) is 32.6. The molecule has 1 aromatic heterocycles. The monoisotopic (exact) mass is 1350 g/mol. The molecule has 95 heavy (non-hydrogen) atoms. The Morgan fingerprint density at radius 3 is 1.68 bits per heavy atom. The lowest BCUT2D eigenvalue weighted by atomic mass is 9.47. The summed E-state index contributed by atoms with van der Waals surface area (Å²) in [4.78, 5) is 93.7. The first kappa shape index (κ1) is 82.1. The molecule has 0 spiro atoms. The number of aldehydes is 1. The molecule has 1 amide bonds. The van der Waals surface area contributed by atoms with Crippen LogP contribution in [0.3, 0.4) is 0 Å². The fourth-order valence-electron chi connectivity index (χ4n) is 12.0. The second-order valence-electron chi connectivity index (χ2n) is 27.7. The first-order valence-corrected chi connectivity index (χ1v) is 33.6. The molecule has 9 rings (SSSR count). The second-order valence-corrected chi connectivity index (χ2v) is 28.5. The molecule has 0 radical (unpaired) electrons. The number of nitrogens with zero attached hydrogens (tertiary/aromatic N) is 2. The number of aromatic nitrogens is 1. The number of aliphatic carboxylic acids is 1. The van der Waals surface area contributed by atoms with E-state index in [0.717, 1.165) is 53.6 Å². The number of halogens is 2. The number of aliphatic hydroxyl groups is 1. The van der Waals surface area contributed by atoms with Gasteiger partial charge in [-0.25, -0.2) is 4.79 Å². The van der Waals surface area contributed by atoms with Crippen molar-refractivity contribution in [1.82, 2.24) is 15.2 Å². The zero-order chi connectivity index (χ0) is 71.3. The highest BCUT2D eigenvalue weighted by atomic mass is 35.5. The van der Waals surface area contributed by atoms with Crippen molar-refractivity contribution in [2.24, 2.45) is 34.3 Å². The lowest BCUT2D eigenvalue weighted by Crippen LogP contribution is -2.49. The van der Waals surface area contributed by atoms with E-state index in [-0.39, 0.29) is 67.6 Å². The van der Waals surface area contributed by atoms with Crippen LogP contribution in [-0.2, 0) is 65.6 Å². The number of pyridine rings is 1. The molecule has 0 bridgehead atoms. The van der Waals surface area contributed by atoms with Gasteiger partial charge in [-0.3, -0.25) is 38.5 Å². The summed E-state index contributed by atoms with van der Waals surface area (Å²) in [5.41, 5.74) is 11.6. The van der Waals surface area contributed by atoms with E-state index in [2.05, 4.69) is 53.2 Å². The number of ether oxygens (including phenoxy) is 4. The molecule has 5 aliphatic rings. The second kappa shape index (κ2) is 39.2. The summed E-state index contributed by atoms with van der Waals surface area (Å²) in [6.07, 6.45) is 17.9. The summed E-state index contributed by atoms with van der Waals surface area (Å²) in [6.45, 7) is 27.2. The van der Waals surface area contributed by atoms with Crippen LogP contribution in [0.1, 0.15) is 195 Å². The van der Waals surface area contributed by atoms with Crippen LogP contribution in [0.25, 0.3) is 5.57 Å². The van der Waals surface area contributed by atoms with Gasteiger partial charge < -0.3 is 45.1 Å². The zero-order valence-corrected chi connectivity index (χ0v) is 59.7. The number of aliphatic hydroxyl groups excluding tert-OH is 1. The van der Waals surface area contributed by atoms with Crippen LogP contribution in [0.15, 0.2) is 133 Å². The van der Waals surface area contributed by atoms with Crippen molar-refractivity contribution < 1.29 is 67.5 Å². The number of carboxylic acid groups (broad SMARTS) is 1. The maximum Gasteiger partial charge on any atom is 0.329 e. The molecule has 2 saturated carbocycles. The predicted octanol–water partition coefficient (Wildman–Crippen LogP) is 14.0. The third-order valence-corrected chi connectivity index (χ3v) is 16.6. The van der Waals surface area contributed by atoms with E-state index in [0.29, 0.717) is 17.4 Å². The first-order chi connectivity index (χ1) is 44.5. The van der Waals surface area contributed by atoms with E-state index >= 15 is 0 Å². The Morgan fingerprint density at radius 2 is 1.22 bits per heavy atom. The summed E-state index contributed by atoms with van der Waals surface area (Å²) in [5, 5.41) is 22.3. The molecule has 18 nitrogen and oxygen atoms in total. The number of nitrogens with two attached hydrogens (primary N) is 1. The van der Waals surface area contributed by atoms with Crippen molar-refractivity contribution in [3.63, 3.8) is 0 Å². The predicted molar refractivity (Wildman–Crippen MR) is 371 cm³/mol. The van der Waals surface area contributed by atoms with E-state index in [9.17, 15) is 43.5 Å². The number of alkyl halides is 2. The fraction of sp³-hybridized carbons (Fsp3) is 0.533. The summed E-state index contributed by atoms with van der Waals surface area (Å²) >= 11 is 9.53. The highest BCUT2D eigenvalue weighted by Crippen LogP contribution is 2.66. The number of carboxylic acids is 1. The summed E-state index contributed by atoms with van der Waals surface area (Å²) in [5.74, 6) is -0.957. The van der Waals surface area contributed by atoms with Crippen LogP contribution in [0.5, 0.6) is 0 Å². The minimum atomic E-state index is -1.05. The average Bonchev–Trinajstić information content (AvgIpc) is 1.68. The van der Waals surface area contributed by atoms with Gasteiger partial charge in [0.25, 0.3) is 0 Å². The lowest BCUT2D eigenvalue weighted by molar-refractivity contribution is -0.164. The third kappa shape index (κ3) is 29.0. The highest BCUT2D eigenvalue weighted by molar-refractivity contribution is 6.40. The molecule has 1 saturated heterocycles. The minimum absolute atomic E-state index is 0.106. The third-order valence-electron chi connectivity index (χ3n) is 16.6. The number of amides is 1. The maximum atomic E-state index is 12.4. The number of carbonyl (C=O) groups excluding carboxylic acids is 7. The molecular formula is C75H104Cl2N4O14. The quantitative estimate of drug-likeness (QED) is 0.0228. The molecule has 4 aromatic rings. The van der Waals surface area contributed by atoms with Crippen molar-refractivity contribution >= 4 is 76.8 Å². The van der Waals surface area contributed by atoms with Crippen LogP contribution in [0.2, 0.25) is 0 Å². The van der Waals surface area contributed by atoms with Gasteiger partial charge in [0.05, 0.1) is 30.7 Å². The maximum absolute atomic E-state index is 12.4. The van der Waals surface area contributed by atoms with Gasteiger partial charge in [0.1, 0.15) is 41.2 Å². The number of hydrogen-bond donors (Lipinski definition) is 4. The van der Waals surface area contributed by atoms with Gasteiger partial charge in [0.15, 0.2) is 0 Å². The minimum Gasteiger partial charge on any atom is -0.481 e. The Hall–Kier alpha value is -7.09. The van der Waals surface area contributed by atoms with Crippen LogP contribution < -0.4 is 11.1 Å². The summed E-state index contributed by atoms with van der Waals surface area (Å²) < 4.78 is 19.6. The molecule has 20 heteroatoms. The molecule has 522 valence electrons. The Kier molecular flexibility index (Phi) is 33.9. The van der Waals surface area contributed by atoms with Gasteiger partial charge in [0.2, 0.25) is 5.91 Å². The largest absolute Gasteiger partial charge is 0.481 e. The van der Waals surface area contributed by atoms with E-state index in [4.69, 9.17) is 48.3 Å². The topological polar surface area (TPSA) is 268 Å². The lowest BCUT2D eigenvalue weighted by Gasteiger charge is -2.57. The average molecular weight is 1360 g/mol. The number of esters is 5. The summed E-state index contributed by atoms with van der Waals surface area (Å²) in [7, 11) is 0.